The van der Waals surface area contributed by atoms with E-state index in [-0.39, 0.29) is 39.3 Å². The summed E-state index contributed by atoms with van der Waals surface area (Å²) in [4.78, 5) is 35.5. The van der Waals surface area contributed by atoms with Crippen LogP contribution in [0.5, 0.6) is 0 Å². The second kappa shape index (κ2) is 8.75. The van der Waals surface area contributed by atoms with Gasteiger partial charge in [-0.05, 0) is 37.8 Å². The number of pyridine rings is 2. The average Bonchev–Trinajstić information content (AvgIpc) is 2.65. The molecule has 0 aliphatic heterocycles. The van der Waals surface area contributed by atoms with Crippen LogP contribution in [0.1, 0.15) is 32.6 Å². The van der Waals surface area contributed by atoms with Crippen molar-refractivity contribution in [2.45, 2.75) is 32.6 Å². The van der Waals surface area contributed by atoms with Crippen molar-refractivity contribution in [3.05, 3.63) is 40.5 Å². The molecule has 1 aliphatic carbocycles. The molecule has 0 saturated heterocycles. The van der Waals surface area contributed by atoms with E-state index in [1.54, 1.807) is 0 Å². The number of aliphatic imine (C=N–C) groups is 1. The van der Waals surface area contributed by atoms with Crippen LogP contribution in [-0.4, -0.2) is 27.5 Å². The van der Waals surface area contributed by atoms with E-state index < -0.39 is 5.82 Å². The van der Waals surface area contributed by atoms with Gasteiger partial charge < -0.3 is 5.32 Å². The van der Waals surface area contributed by atoms with Crippen molar-refractivity contribution in [2.75, 3.05) is 5.32 Å². The standard InChI is InChI=1S/C19H17Cl2FN4O2/c1-10(27)25-12-4-2-3-11(7-12)19(28)26-16-8-14(15(22)9-24-16)13-5-6-23-18(21)17(13)20/h5-6,8-9,11H,2-4,7H2,1H3,(H,24,26,28)/b25-12+/t11-/m0/s1. The fraction of sp³-hybridized carbons (Fsp3) is 0.316. The number of halogens is 3. The summed E-state index contributed by atoms with van der Waals surface area (Å²) in [6.07, 6.45) is 5.02. The van der Waals surface area contributed by atoms with Gasteiger partial charge in [0.25, 0.3) is 0 Å². The molecule has 0 radical (unpaired) electrons. The SMILES string of the molecule is CC(=O)/N=C1\CCC[C@H](C(=O)Nc2cc(-c3ccnc(Cl)c3Cl)c(F)cn2)C1. The first kappa shape index (κ1) is 20.4. The Hall–Kier alpha value is -2.38. The zero-order chi connectivity index (χ0) is 20.3. The smallest absolute Gasteiger partial charge is 0.242 e. The Kier molecular flexibility index (Phi) is 6.36. The van der Waals surface area contributed by atoms with Crippen molar-refractivity contribution in [1.82, 2.24) is 9.97 Å². The number of amides is 2. The third-order valence-corrected chi connectivity index (χ3v) is 5.20. The molecule has 2 heterocycles. The Labute approximate surface area is 171 Å². The van der Waals surface area contributed by atoms with E-state index in [9.17, 15) is 14.0 Å². The van der Waals surface area contributed by atoms with E-state index in [0.29, 0.717) is 24.8 Å². The highest BCUT2D eigenvalue weighted by Crippen LogP contribution is 2.34. The van der Waals surface area contributed by atoms with Crippen LogP contribution >= 0.6 is 23.2 Å². The topological polar surface area (TPSA) is 84.3 Å². The number of nitrogens with zero attached hydrogens (tertiary/aromatic N) is 3. The van der Waals surface area contributed by atoms with Crippen LogP contribution in [0, 0.1) is 11.7 Å². The molecule has 1 aliphatic rings. The van der Waals surface area contributed by atoms with Crippen molar-refractivity contribution >= 4 is 46.5 Å². The van der Waals surface area contributed by atoms with E-state index in [2.05, 4.69) is 20.3 Å². The van der Waals surface area contributed by atoms with Crippen LogP contribution in [0.15, 0.2) is 29.5 Å². The molecule has 0 spiro atoms. The monoisotopic (exact) mass is 422 g/mol. The summed E-state index contributed by atoms with van der Waals surface area (Å²) in [6, 6.07) is 2.93. The van der Waals surface area contributed by atoms with Gasteiger partial charge in [0.05, 0.1) is 11.2 Å². The maximum Gasteiger partial charge on any atom is 0.242 e. The van der Waals surface area contributed by atoms with Crippen molar-refractivity contribution < 1.29 is 14.0 Å². The molecular formula is C19H17Cl2FN4O2. The lowest BCUT2D eigenvalue weighted by Gasteiger charge is -2.22. The maximum atomic E-state index is 14.3. The maximum absolute atomic E-state index is 14.3. The molecule has 9 heteroatoms. The van der Waals surface area contributed by atoms with Gasteiger partial charge in [-0.15, -0.1) is 0 Å². The van der Waals surface area contributed by atoms with E-state index in [1.807, 2.05) is 0 Å². The summed E-state index contributed by atoms with van der Waals surface area (Å²) in [6.45, 7) is 1.39. The van der Waals surface area contributed by atoms with Crippen LogP contribution in [0.4, 0.5) is 10.2 Å². The predicted molar refractivity (Wildman–Crippen MR) is 106 cm³/mol. The second-order valence-corrected chi connectivity index (χ2v) is 7.23. The summed E-state index contributed by atoms with van der Waals surface area (Å²) in [5.74, 6) is -1.24. The largest absolute Gasteiger partial charge is 0.310 e. The Morgan fingerprint density at radius 2 is 2.07 bits per heavy atom. The zero-order valence-corrected chi connectivity index (χ0v) is 16.5. The molecule has 2 amide bonds. The molecule has 1 N–H and O–H groups in total. The van der Waals surface area contributed by atoms with Crippen LogP contribution in [0.3, 0.4) is 0 Å². The molecule has 2 aromatic rings. The first-order chi connectivity index (χ1) is 13.3. The van der Waals surface area contributed by atoms with Crippen molar-refractivity contribution in [3.63, 3.8) is 0 Å². The summed E-state index contributed by atoms with van der Waals surface area (Å²) in [5.41, 5.74) is 1.23. The minimum absolute atomic E-state index is 0.0560. The molecule has 28 heavy (non-hydrogen) atoms. The van der Waals surface area contributed by atoms with Gasteiger partial charge in [-0.1, -0.05) is 23.2 Å². The first-order valence-corrected chi connectivity index (χ1v) is 9.44. The van der Waals surface area contributed by atoms with E-state index in [0.717, 1.165) is 18.3 Å². The lowest BCUT2D eigenvalue weighted by atomic mass is 9.87. The van der Waals surface area contributed by atoms with E-state index in [4.69, 9.17) is 23.2 Å². The van der Waals surface area contributed by atoms with Gasteiger partial charge in [0, 0.05) is 35.9 Å². The van der Waals surface area contributed by atoms with Gasteiger partial charge in [0.2, 0.25) is 11.8 Å². The third-order valence-electron chi connectivity index (χ3n) is 4.43. The normalized spacial score (nSPS) is 18.1. The van der Waals surface area contributed by atoms with Gasteiger partial charge in [-0.25, -0.2) is 19.4 Å². The Morgan fingerprint density at radius 3 is 2.82 bits per heavy atom. The van der Waals surface area contributed by atoms with Crippen molar-refractivity contribution in [2.24, 2.45) is 10.9 Å². The van der Waals surface area contributed by atoms with Gasteiger partial charge in [0.1, 0.15) is 16.8 Å². The Morgan fingerprint density at radius 1 is 1.29 bits per heavy atom. The van der Waals surface area contributed by atoms with Gasteiger partial charge in [0.15, 0.2) is 0 Å². The van der Waals surface area contributed by atoms with Crippen molar-refractivity contribution in [3.8, 4) is 11.1 Å². The quantitative estimate of drug-likeness (QED) is 0.725. The number of carbonyl (C=O) groups is 2. The molecule has 0 aromatic carbocycles. The molecule has 1 saturated carbocycles. The number of carbonyl (C=O) groups excluding carboxylic acids is 2. The predicted octanol–water partition coefficient (Wildman–Crippen LogP) is 4.71. The lowest BCUT2D eigenvalue weighted by Crippen LogP contribution is -2.28. The molecule has 0 unspecified atom stereocenters. The number of hydrogen-bond acceptors (Lipinski definition) is 4. The minimum Gasteiger partial charge on any atom is -0.310 e. The fourth-order valence-electron chi connectivity index (χ4n) is 3.16. The highest BCUT2D eigenvalue weighted by Gasteiger charge is 2.25. The summed E-state index contributed by atoms with van der Waals surface area (Å²) in [5, 5.41) is 2.88. The summed E-state index contributed by atoms with van der Waals surface area (Å²) < 4.78 is 14.3. The van der Waals surface area contributed by atoms with E-state index in [1.165, 1.54) is 25.3 Å². The molecule has 1 fully saturated rings. The highest BCUT2D eigenvalue weighted by atomic mass is 35.5. The van der Waals surface area contributed by atoms with Gasteiger partial charge in [-0.3, -0.25) is 9.59 Å². The second-order valence-electron chi connectivity index (χ2n) is 6.49. The number of nitrogens with one attached hydrogen (secondary N) is 1. The molecule has 3 rings (SSSR count). The van der Waals surface area contributed by atoms with Crippen LogP contribution < -0.4 is 5.32 Å². The zero-order valence-electron chi connectivity index (χ0n) is 15.0. The number of hydrogen-bond donors (Lipinski definition) is 1. The molecular weight excluding hydrogens is 406 g/mol. The van der Waals surface area contributed by atoms with Crippen LogP contribution in [-0.2, 0) is 9.59 Å². The average molecular weight is 423 g/mol. The van der Waals surface area contributed by atoms with Crippen molar-refractivity contribution in [1.29, 1.82) is 0 Å². The first-order valence-electron chi connectivity index (χ1n) is 8.69. The van der Waals surface area contributed by atoms with Crippen LogP contribution in [0.2, 0.25) is 10.2 Å². The number of rotatable bonds is 3. The van der Waals surface area contributed by atoms with Crippen LogP contribution in [0.25, 0.3) is 11.1 Å². The lowest BCUT2D eigenvalue weighted by molar-refractivity contribution is -0.120. The van der Waals surface area contributed by atoms with Gasteiger partial charge >= 0.3 is 0 Å². The molecule has 146 valence electrons. The number of aromatic nitrogens is 2. The van der Waals surface area contributed by atoms with E-state index >= 15 is 0 Å². The molecule has 1 atom stereocenters. The Balaban J connectivity index is 1.81. The number of anilines is 1. The molecule has 0 bridgehead atoms. The summed E-state index contributed by atoms with van der Waals surface area (Å²) >= 11 is 12.0. The summed E-state index contributed by atoms with van der Waals surface area (Å²) in [7, 11) is 0. The Bertz CT molecular complexity index is 965. The molecule has 2 aromatic heterocycles. The van der Waals surface area contributed by atoms with Gasteiger partial charge in [-0.2, -0.15) is 0 Å². The fourth-order valence-corrected chi connectivity index (χ4v) is 3.53. The highest BCUT2D eigenvalue weighted by molar-refractivity contribution is 6.43. The third kappa shape index (κ3) is 4.72. The molecule has 6 nitrogen and oxygen atoms in total. The minimum atomic E-state index is -0.601.